The molecule has 1 heterocycles. The van der Waals surface area contributed by atoms with Crippen molar-refractivity contribution in [3.05, 3.63) is 51.2 Å². The number of aliphatic hydroxyl groups is 1. The van der Waals surface area contributed by atoms with Crippen molar-refractivity contribution in [2.24, 2.45) is 0 Å². The van der Waals surface area contributed by atoms with Crippen molar-refractivity contribution in [3.63, 3.8) is 0 Å². The standard InChI is InChI=1S/C14H10ClNO2S/c15-11-7-9-19-13(11)14(18)16-12-6-2-1-4-10(12)5-3-8-17/h1-2,4,6-7,9,17H,8H2,(H,16,18). The molecule has 0 aliphatic rings. The highest BCUT2D eigenvalue weighted by atomic mass is 35.5. The van der Waals surface area contributed by atoms with E-state index in [9.17, 15) is 4.79 Å². The molecule has 0 aliphatic heterocycles. The summed E-state index contributed by atoms with van der Waals surface area (Å²) in [5.74, 6) is 5.07. The van der Waals surface area contributed by atoms with Crippen LogP contribution in [0.3, 0.4) is 0 Å². The third-order valence-electron chi connectivity index (χ3n) is 2.30. The average Bonchev–Trinajstić information content (AvgIpc) is 2.84. The zero-order valence-electron chi connectivity index (χ0n) is 9.81. The Hall–Kier alpha value is -1.80. The Kier molecular flexibility index (Phi) is 4.58. The number of amides is 1. The molecule has 0 radical (unpaired) electrons. The van der Waals surface area contributed by atoms with Gasteiger partial charge in [-0.2, -0.15) is 0 Å². The van der Waals surface area contributed by atoms with Crippen LogP contribution in [-0.2, 0) is 0 Å². The van der Waals surface area contributed by atoms with Crippen LogP contribution in [0.1, 0.15) is 15.2 Å². The smallest absolute Gasteiger partial charge is 0.267 e. The molecule has 1 amide bonds. The Morgan fingerprint density at radius 1 is 1.37 bits per heavy atom. The van der Waals surface area contributed by atoms with E-state index in [1.165, 1.54) is 11.3 Å². The molecule has 2 aromatic rings. The number of halogens is 1. The fourth-order valence-electron chi connectivity index (χ4n) is 1.47. The van der Waals surface area contributed by atoms with Crippen LogP contribution in [-0.4, -0.2) is 17.6 Å². The lowest BCUT2D eigenvalue weighted by Crippen LogP contribution is -2.11. The number of thiophene rings is 1. The van der Waals surface area contributed by atoms with Gasteiger partial charge in [0.1, 0.15) is 11.5 Å². The number of anilines is 1. The second kappa shape index (κ2) is 6.39. The van der Waals surface area contributed by atoms with E-state index in [-0.39, 0.29) is 12.5 Å². The van der Waals surface area contributed by atoms with Crippen LogP contribution in [0.25, 0.3) is 0 Å². The van der Waals surface area contributed by atoms with Crippen LogP contribution >= 0.6 is 22.9 Å². The van der Waals surface area contributed by atoms with Crippen LogP contribution in [0, 0.1) is 11.8 Å². The van der Waals surface area contributed by atoms with Crippen LogP contribution < -0.4 is 5.32 Å². The lowest BCUT2D eigenvalue weighted by Gasteiger charge is -2.06. The largest absolute Gasteiger partial charge is 0.384 e. The third kappa shape index (κ3) is 3.36. The Morgan fingerprint density at radius 3 is 2.84 bits per heavy atom. The topological polar surface area (TPSA) is 49.3 Å². The zero-order chi connectivity index (χ0) is 13.7. The van der Waals surface area contributed by atoms with Gasteiger partial charge in [0.15, 0.2) is 0 Å². The van der Waals surface area contributed by atoms with E-state index < -0.39 is 0 Å². The van der Waals surface area contributed by atoms with Gasteiger partial charge in [-0.25, -0.2) is 0 Å². The van der Waals surface area contributed by atoms with E-state index >= 15 is 0 Å². The molecular formula is C14H10ClNO2S. The van der Waals surface area contributed by atoms with Gasteiger partial charge in [0.2, 0.25) is 0 Å². The molecule has 0 saturated carbocycles. The number of aliphatic hydroxyl groups excluding tert-OH is 1. The van der Waals surface area contributed by atoms with Crippen molar-refractivity contribution in [2.45, 2.75) is 0 Å². The SMILES string of the molecule is O=C(Nc1ccccc1C#CCO)c1sccc1Cl. The molecule has 0 bridgehead atoms. The summed E-state index contributed by atoms with van der Waals surface area (Å²) in [6.45, 7) is -0.223. The molecular weight excluding hydrogens is 282 g/mol. The molecule has 96 valence electrons. The van der Waals surface area contributed by atoms with Crippen molar-refractivity contribution >= 4 is 34.5 Å². The molecule has 0 saturated heterocycles. The molecule has 3 nitrogen and oxygen atoms in total. The van der Waals surface area contributed by atoms with Gasteiger partial charge >= 0.3 is 0 Å². The van der Waals surface area contributed by atoms with Crippen molar-refractivity contribution in [3.8, 4) is 11.8 Å². The van der Waals surface area contributed by atoms with E-state index in [1.54, 1.807) is 29.6 Å². The molecule has 5 heteroatoms. The Bertz CT molecular complexity index is 655. The first kappa shape index (κ1) is 13.6. The van der Waals surface area contributed by atoms with Gasteiger partial charge in [-0.05, 0) is 23.6 Å². The van der Waals surface area contributed by atoms with Crippen molar-refractivity contribution < 1.29 is 9.90 Å². The lowest BCUT2D eigenvalue weighted by molar-refractivity contribution is 0.103. The summed E-state index contributed by atoms with van der Waals surface area (Å²) in [5.41, 5.74) is 1.25. The third-order valence-corrected chi connectivity index (χ3v) is 3.64. The summed E-state index contributed by atoms with van der Waals surface area (Å²) in [5, 5.41) is 13.7. The average molecular weight is 292 g/mol. The first-order chi connectivity index (χ1) is 9.22. The number of nitrogens with one attached hydrogen (secondary N) is 1. The Balaban J connectivity index is 2.24. The minimum Gasteiger partial charge on any atom is -0.384 e. The van der Waals surface area contributed by atoms with Crippen LogP contribution in [0.2, 0.25) is 5.02 Å². The second-order valence-corrected chi connectivity index (χ2v) is 4.88. The summed E-state index contributed by atoms with van der Waals surface area (Å²) in [7, 11) is 0. The molecule has 0 fully saturated rings. The lowest BCUT2D eigenvalue weighted by atomic mass is 10.2. The fourth-order valence-corrected chi connectivity index (χ4v) is 2.51. The van der Waals surface area contributed by atoms with Gasteiger partial charge in [-0.15, -0.1) is 11.3 Å². The summed E-state index contributed by atoms with van der Waals surface area (Å²) in [6, 6.07) is 8.82. The Morgan fingerprint density at radius 2 is 2.16 bits per heavy atom. The number of hydrogen-bond donors (Lipinski definition) is 2. The van der Waals surface area contributed by atoms with Gasteiger partial charge in [0, 0.05) is 5.56 Å². The van der Waals surface area contributed by atoms with Crippen molar-refractivity contribution in [1.82, 2.24) is 0 Å². The van der Waals surface area contributed by atoms with E-state index in [0.29, 0.717) is 21.2 Å². The number of rotatable bonds is 2. The summed E-state index contributed by atoms with van der Waals surface area (Å²) in [4.78, 5) is 12.5. The molecule has 0 spiro atoms. The van der Waals surface area contributed by atoms with Gasteiger partial charge in [-0.3, -0.25) is 4.79 Å². The van der Waals surface area contributed by atoms with Crippen LogP contribution in [0.4, 0.5) is 5.69 Å². The van der Waals surface area contributed by atoms with Crippen molar-refractivity contribution in [1.29, 1.82) is 0 Å². The molecule has 1 aromatic carbocycles. The normalized spacial score (nSPS) is 9.58. The predicted octanol–water partition coefficient (Wildman–Crippen LogP) is 3.00. The summed E-state index contributed by atoms with van der Waals surface area (Å²) in [6.07, 6.45) is 0. The number of carbonyl (C=O) groups is 1. The van der Waals surface area contributed by atoms with Gasteiger partial charge < -0.3 is 10.4 Å². The molecule has 2 rings (SSSR count). The van der Waals surface area contributed by atoms with Gasteiger partial charge in [0.05, 0.1) is 10.7 Å². The highest BCUT2D eigenvalue weighted by molar-refractivity contribution is 7.12. The fraction of sp³-hybridized carbons (Fsp3) is 0.0714. The summed E-state index contributed by atoms with van der Waals surface area (Å²) < 4.78 is 0. The van der Waals surface area contributed by atoms with E-state index in [0.717, 1.165) is 0 Å². The zero-order valence-corrected chi connectivity index (χ0v) is 11.4. The molecule has 0 atom stereocenters. The first-order valence-electron chi connectivity index (χ1n) is 5.45. The maximum absolute atomic E-state index is 12.0. The number of hydrogen-bond acceptors (Lipinski definition) is 3. The van der Waals surface area contributed by atoms with E-state index in [1.807, 2.05) is 6.07 Å². The molecule has 0 aliphatic carbocycles. The van der Waals surface area contributed by atoms with Gasteiger partial charge in [0.25, 0.3) is 5.91 Å². The minimum atomic E-state index is -0.266. The van der Waals surface area contributed by atoms with Crippen molar-refractivity contribution in [2.75, 3.05) is 11.9 Å². The summed E-state index contributed by atoms with van der Waals surface area (Å²) >= 11 is 7.19. The maximum atomic E-state index is 12.0. The van der Waals surface area contributed by atoms with E-state index in [2.05, 4.69) is 17.2 Å². The van der Waals surface area contributed by atoms with Gasteiger partial charge in [-0.1, -0.05) is 35.6 Å². The molecule has 2 N–H and O–H groups in total. The number of carbonyl (C=O) groups excluding carboxylic acids is 1. The monoisotopic (exact) mass is 291 g/mol. The van der Waals surface area contributed by atoms with E-state index in [4.69, 9.17) is 16.7 Å². The van der Waals surface area contributed by atoms with Crippen LogP contribution in [0.15, 0.2) is 35.7 Å². The number of para-hydroxylation sites is 1. The highest BCUT2D eigenvalue weighted by Crippen LogP contribution is 2.24. The highest BCUT2D eigenvalue weighted by Gasteiger charge is 2.12. The molecule has 1 aromatic heterocycles. The predicted molar refractivity (Wildman–Crippen MR) is 77.7 cm³/mol. The van der Waals surface area contributed by atoms with Crippen LogP contribution in [0.5, 0.6) is 0 Å². The maximum Gasteiger partial charge on any atom is 0.267 e. The first-order valence-corrected chi connectivity index (χ1v) is 6.71. The molecule has 0 unspecified atom stereocenters. The molecule has 19 heavy (non-hydrogen) atoms. The minimum absolute atomic E-state index is 0.223. The second-order valence-electron chi connectivity index (χ2n) is 3.56. The number of benzene rings is 1. The quantitative estimate of drug-likeness (QED) is 0.836. The Labute approximate surface area is 119 Å².